The zero-order chi connectivity index (χ0) is 14.7. The van der Waals surface area contributed by atoms with Crippen molar-refractivity contribution in [2.75, 3.05) is 12.8 Å². The molecule has 2 rings (SSSR count). The second-order valence-electron chi connectivity index (χ2n) is 4.53. The van der Waals surface area contributed by atoms with Gasteiger partial charge >= 0.3 is 0 Å². The van der Waals surface area contributed by atoms with E-state index in [1.54, 1.807) is 19.2 Å². The fourth-order valence-corrected chi connectivity index (χ4v) is 2.09. The smallest absolute Gasteiger partial charge is 0.253 e. The van der Waals surface area contributed by atoms with Gasteiger partial charge in [0.15, 0.2) is 0 Å². The van der Waals surface area contributed by atoms with Gasteiger partial charge in [-0.15, -0.1) is 0 Å². The minimum Gasteiger partial charge on any atom is -0.396 e. The highest BCUT2D eigenvalue weighted by Crippen LogP contribution is 2.16. The van der Waals surface area contributed by atoms with E-state index < -0.39 is 5.82 Å². The minimum absolute atomic E-state index is 0.0352. The van der Waals surface area contributed by atoms with E-state index in [4.69, 9.17) is 17.3 Å². The molecule has 0 saturated carbocycles. The Bertz CT molecular complexity index is 646. The number of nitrogens with zero attached hydrogens (tertiary/aromatic N) is 1. The van der Waals surface area contributed by atoms with E-state index in [0.29, 0.717) is 17.1 Å². The number of benzene rings is 2. The molecule has 3 nitrogen and oxygen atoms in total. The lowest BCUT2D eigenvalue weighted by Gasteiger charge is -2.17. The molecule has 0 aromatic heterocycles. The lowest BCUT2D eigenvalue weighted by molar-refractivity contribution is 0.0785. The third-order valence-corrected chi connectivity index (χ3v) is 3.13. The summed E-state index contributed by atoms with van der Waals surface area (Å²) in [6, 6.07) is 11.2. The molecule has 0 radical (unpaired) electrons. The van der Waals surface area contributed by atoms with Crippen molar-refractivity contribution in [2.45, 2.75) is 6.54 Å². The standard InChI is InChI=1S/C15H14ClFN2O/c1-19(9-10-3-2-4-12(16)7-10)15(20)11-5-6-13(17)14(18)8-11/h2-8H,9,18H2,1H3. The van der Waals surface area contributed by atoms with Gasteiger partial charge in [-0.2, -0.15) is 0 Å². The lowest BCUT2D eigenvalue weighted by atomic mass is 10.1. The maximum absolute atomic E-state index is 13.1. The minimum atomic E-state index is -0.529. The molecule has 0 aliphatic heterocycles. The summed E-state index contributed by atoms with van der Waals surface area (Å²) in [6.45, 7) is 0.413. The highest BCUT2D eigenvalue weighted by atomic mass is 35.5. The molecule has 2 aromatic carbocycles. The average Bonchev–Trinajstić information content (AvgIpc) is 2.41. The maximum atomic E-state index is 13.1. The SMILES string of the molecule is CN(Cc1cccc(Cl)c1)C(=O)c1ccc(F)c(N)c1. The quantitative estimate of drug-likeness (QED) is 0.882. The number of carbonyl (C=O) groups excluding carboxylic acids is 1. The first kappa shape index (κ1) is 14.3. The highest BCUT2D eigenvalue weighted by Gasteiger charge is 2.13. The molecule has 104 valence electrons. The molecule has 0 saturated heterocycles. The summed E-state index contributed by atoms with van der Waals surface area (Å²) in [6.07, 6.45) is 0. The molecule has 5 heteroatoms. The van der Waals surface area contributed by atoms with Crippen LogP contribution in [0.2, 0.25) is 5.02 Å². The molecular weight excluding hydrogens is 279 g/mol. The number of amides is 1. The summed E-state index contributed by atoms with van der Waals surface area (Å²) in [5.41, 5.74) is 6.71. The number of anilines is 1. The summed E-state index contributed by atoms with van der Waals surface area (Å²) in [5.74, 6) is -0.754. The Morgan fingerprint density at radius 1 is 1.30 bits per heavy atom. The molecule has 0 aliphatic carbocycles. The van der Waals surface area contributed by atoms with Gasteiger partial charge in [0.2, 0.25) is 0 Å². The Kier molecular flexibility index (Phi) is 4.25. The van der Waals surface area contributed by atoms with Crippen molar-refractivity contribution in [3.63, 3.8) is 0 Å². The number of hydrogen-bond acceptors (Lipinski definition) is 2. The number of nitrogen functional groups attached to an aromatic ring is 1. The van der Waals surface area contributed by atoms with Crippen molar-refractivity contribution in [3.05, 3.63) is 64.4 Å². The topological polar surface area (TPSA) is 46.3 Å². The van der Waals surface area contributed by atoms with Crippen molar-refractivity contribution in [2.24, 2.45) is 0 Å². The van der Waals surface area contributed by atoms with E-state index in [-0.39, 0.29) is 11.6 Å². The number of carbonyl (C=O) groups is 1. The zero-order valence-corrected chi connectivity index (χ0v) is 11.7. The first-order valence-electron chi connectivity index (χ1n) is 6.02. The molecule has 0 bridgehead atoms. The van der Waals surface area contributed by atoms with E-state index in [1.807, 2.05) is 12.1 Å². The Morgan fingerprint density at radius 3 is 2.70 bits per heavy atom. The van der Waals surface area contributed by atoms with E-state index in [2.05, 4.69) is 0 Å². The van der Waals surface area contributed by atoms with Crippen molar-refractivity contribution < 1.29 is 9.18 Å². The van der Waals surface area contributed by atoms with Crippen LogP contribution in [-0.2, 0) is 6.54 Å². The van der Waals surface area contributed by atoms with Crippen LogP contribution in [0.3, 0.4) is 0 Å². The second kappa shape index (κ2) is 5.92. The van der Waals surface area contributed by atoms with Crippen molar-refractivity contribution in [1.29, 1.82) is 0 Å². The van der Waals surface area contributed by atoms with E-state index in [9.17, 15) is 9.18 Å². The zero-order valence-electron chi connectivity index (χ0n) is 10.9. The third kappa shape index (κ3) is 3.27. The van der Waals surface area contributed by atoms with E-state index >= 15 is 0 Å². The van der Waals surface area contributed by atoms with Gasteiger partial charge < -0.3 is 10.6 Å². The summed E-state index contributed by atoms with van der Waals surface area (Å²) >= 11 is 5.90. The van der Waals surface area contributed by atoms with Crippen LogP contribution < -0.4 is 5.73 Å². The van der Waals surface area contributed by atoms with Crippen LogP contribution in [0, 0.1) is 5.82 Å². The van der Waals surface area contributed by atoms with Crippen LogP contribution in [0.5, 0.6) is 0 Å². The molecule has 0 atom stereocenters. The predicted molar refractivity (Wildman–Crippen MR) is 78.1 cm³/mol. The van der Waals surface area contributed by atoms with Gasteiger partial charge in [-0.3, -0.25) is 4.79 Å². The van der Waals surface area contributed by atoms with Crippen LogP contribution >= 0.6 is 11.6 Å². The third-order valence-electron chi connectivity index (χ3n) is 2.90. The predicted octanol–water partition coefficient (Wildman–Crippen LogP) is 3.33. The van der Waals surface area contributed by atoms with Gasteiger partial charge in [0.05, 0.1) is 5.69 Å². The molecule has 0 heterocycles. The summed E-state index contributed by atoms with van der Waals surface area (Å²) in [7, 11) is 1.67. The number of hydrogen-bond donors (Lipinski definition) is 1. The maximum Gasteiger partial charge on any atom is 0.253 e. The molecule has 2 aromatic rings. The van der Waals surface area contributed by atoms with E-state index in [0.717, 1.165) is 5.56 Å². The van der Waals surface area contributed by atoms with Crippen LogP contribution in [0.4, 0.5) is 10.1 Å². The summed E-state index contributed by atoms with van der Waals surface area (Å²) in [4.78, 5) is 13.7. The fraction of sp³-hybridized carbons (Fsp3) is 0.133. The molecule has 1 amide bonds. The van der Waals surface area contributed by atoms with Crippen molar-refractivity contribution >= 4 is 23.2 Å². The molecule has 0 aliphatic rings. The highest BCUT2D eigenvalue weighted by molar-refractivity contribution is 6.30. The lowest BCUT2D eigenvalue weighted by Crippen LogP contribution is -2.26. The Labute approximate surface area is 121 Å². The van der Waals surface area contributed by atoms with Gasteiger partial charge in [-0.25, -0.2) is 4.39 Å². The first-order valence-corrected chi connectivity index (χ1v) is 6.40. The average molecular weight is 293 g/mol. The van der Waals surface area contributed by atoms with Gasteiger partial charge in [0.25, 0.3) is 5.91 Å². The molecule has 20 heavy (non-hydrogen) atoms. The number of halogens is 2. The summed E-state index contributed by atoms with van der Waals surface area (Å²) in [5, 5.41) is 0.620. The molecular formula is C15H14ClFN2O. The Morgan fingerprint density at radius 2 is 2.05 bits per heavy atom. The van der Waals surface area contributed by atoms with Crippen molar-refractivity contribution in [3.8, 4) is 0 Å². The van der Waals surface area contributed by atoms with Crippen LogP contribution in [0.25, 0.3) is 0 Å². The Hall–Kier alpha value is -2.07. The number of rotatable bonds is 3. The van der Waals surface area contributed by atoms with Crippen LogP contribution in [0.1, 0.15) is 15.9 Å². The summed E-state index contributed by atoms with van der Waals surface area (Å²) < 4.78 is 13.1. The van der Waals surface area contributed by atoms with E-state index in [1.165, 1.54) is 23.1 Å². The molecule has 2 N–H and O–H groups in total. The largest absolute Gasteiger partial charge is 0.396 e. The van der Waals surface area contributed by atoms with Gasteiger partial charge in [-0.1, -0.05) is 23.7 Å². The molecule has 0 spiro atoms. The van der Waals surface area contributed by atoms with Crippen LogP contribution in [-0.4, -0.2) is 17.9 Å². The van der Waals surface area contributed by atoms with Gasteiger partial charge in [-0.05, 0) is 35.9 Å². The first-order chi connectivity index (χ1) is 9.47. The van der Waals surface area contributed by atoms with Gasteiger partial charge in [0, 0.05) is 24.2 Å². The van der Waals surface area contributed by atoms with Crippen molar-refractivity contribution in [1.82, 2.24) is 4.90 Å². The number of nitrogens with two attached hydrogens (primary N) is 1. The molecule has 0 fully saturated rings. The fourth-order valence-electron chi connectivity index (χ4n) is 1.88. The monoisotopic (exact) mass is 292 g/mol. The van der Waals surface area contributed by atoms with Gasteiger partial charge in [0.1, 0.15) is 5.82 Å². The normalized spacial score (nSPS) is 10.3. The van der Waals surface area contributed by atoms with Crippen LogP contribution in [0.15, 0.2) is 42.5 Å². The second-order valence-corrected chi connectivity index (χ2v) is 4.96. The molecule has 0 unspecified atom stereocenters. The Balaban J connectivity index is 2.14.